The lowest BCUT2D eigenvalue weighted by molar-refractivity contribution is -0.134. The Hall–Kier alpha value is -0.610. The van der Waals surface area contributed by atoms with Gasteiger partial charge in [0.1, 0.15) is 0 Å². The SMILES string of the molecule is O=C([C@H]1CCCN1)N1CC[C@]2(CCCCO2)C1. The van der Waals surface area contributed by atoms with Crippen molar-refractivity contribution in [3.63, 3.8) is 0 Å². The average molecular weight is 238 g/mol. The molecule has 96 valence electrons. The topological polar surface area (TPSA) is 41.6 Å². The first-order valence-corrected chi connectivity index (χ1v) is 6.95. The molecule has 0 unspecified atom stereocenters. The predicted molar refractivity (Wildman–Crippen MR) is 64.8 cm³/mol. The molecule has 0 radical (unpaired) electrons. The molecule has 4 nitrogen and oxygen atoms in total. The molecule has 3 aliphatic heterocycles. The molecular weight excluding hydrogens is 216 g/mol. The molecule has 2 atom stereocenters. The van der Waals surface area contributed by atoms with E-state index in [4.69, 9.17) is 4.74 Å². The van der Waals surface area contributed by atoms with Crippen LogP contribution in [0.25, 0.3) is 0 Å². The summed E-state index contributed by atoms with van der Waals surface area (Å²) < 4.78 is 5.96. The normalized spacial score (nSPS) is 37.9. The fourth-order valence-electron chi connectivity index (χ4n) is 3.38. The van der Waals surface area contributed by atoms with Crippen LogP contribution in [0.1, 0.15) is 38.5 Å². The quantitative estimate of drug-likeness (QED) is 0.738. The molecule has 0 aliphatic carbocycles. The number of amides is 1. The standard InChI is InChI=1S/C13H22N2O2/c16-12(11-4-3-7-14-11)15-8-6-13(10-15)5-1-2-9-17-13/h11,14H,1-10H2/t11-,13-/m1/s1. The van der Waals surface area contributed by atoms with Gasteiger partial charge in [0.05, 0.1) is 11.6 Å². The van der Waals surface area contributed by atoms with Gasteiger partial charge in [0, 0.05) is 19.7 Å². The van der Waals surface area contributed by atoms with Crippen molar-refractivity contribution >= 4 is 5.91 Å². The molecule has 0 aromatic heterocycles. The summed E-state index contributed by atoms with van der Waals surface area (Å²) in [4.78, 5) is 14.3. The van der Waals surface area contributed by atoms with E-state index in [-0.39, 0.29) is 11.6 Å². The van der Waals surface area contributed by atoms with Crippen molar-refractivity contribution < 1.29 is 9.53 Å². The predicted octanol–water partition coefficient (Wildman–Crippen LogP) is 0.910. The molecule has 3 fully saturated rings. The van der Waals surface area contributed by atoms with E-state index < -0.39 is 0 Å². The van der Waals surface area contributed by atoms with E-state index in [0.717, 1.165) is 51.9 Å². The number of rotatable bonds is 1. The first-order chi connectivity index (χ1) is 8.29. The Labute approximate surface area is 103 Å². The summed E-state index contributed by atoms with van der Waals surface area (Å²) in [7, 11) is 0. The highest BCUT2D eigenvalue weighted by Gasteiger charge is 2.43. The van der Waals surface area contributed by atoms with Crippen molar-refractivity contribution in [1.29, 1.82) is 0 Å². The number of hydrogen-bond donors (Lipinski definition) is 1. The van der Waals surface area contributed by atoms with Crippen LogP contribution in [0.4, 0.5) is 0 Å². The highest BCUT2D eigenvalue weighted by atomic mass is 16.5. The van der Waals surface area contributed by atoms with Gasteiger partial charge in [0.2, 0.25) is 5.91 Å². The first kappa shape index (κ1) is 11.5. The third-order valence-corrected chi connectivity index (χ3v) is 4.42. The van der Waals surface area contributed by atoms with Crippen molar-refractivity contribution in [1.82, 2.24) is 10.2 Å². The van der Waals surface area contributed by atoms with Gasteiger partial charge in [-0.1, -0.05) is 0 Å². The fourth-order valence-corrected chi connectivity index (χ4v) is 3.38. The van der Waals surface area contributed by atoms with Gasteiger partial charge in [-0.2, -0.15) is 0 Å². The fraction of sp³-hybridized carbons (Fsp3) is 0.923. The van der Waals surface area contributed by atoms with Gasteiger partial charge in [-0.15, -0.1) is 0 Å². The maximum atomic E-state index is 12.3. The Morgan fingerprint density at radius 1 is 1.29 bits per heavy atom. The Morgan fingerprint density at radius 3 is 2.94 bits per heavy atom. The Morgan fingerprint density at radius 2 is 2.24 bits per heavy atom. The summed E-state index contributed by atoms with van der Waals surface area (Å²) >= 11 is 0. The number of carbonyl (C=O) groups is 1. The van der Waals surface area contributed by atoms with E-state index >= 15 is 0 Å². The second-order valence-electron chi connectivity index (χ2n) is 5.65. The number of nitrogens with zero attached hydrogens (tertiary/aromatic N) is 1. The van der Waals surface area contributed by atoms with E-state index in [1.165, 1.54) is 12.8 Å². The molecule has 1 spiro atoms. The lowest BCUT2D eigenvalue weighted by atomic mass is 9.93. The molecule has 4 heteroatoms. The van der Waals surface area contributed by atoms with Crippen LogP contribution in [-0.2, 0) is 9.53 Å². The van der Waals surface area contributed by atoms with Gasteiger partial charge >= 0.3 is 0 Å². The van der Waals surface area contributed by atoms with E-state index in [2.05, 4.69) is 5.32 Å². The zero-order valence-corrected chi connectivity index (χ0v) is 10.4. The van der Waals surface area contributed by atoms with Crippen LogP contribution >= 0.6 is 0 Å². The molecule has 3 heterocycles. The average Bonchev–Trinajstić information content (AvgIpc) is 2.99. The number of nitrogens with one attached hydrogen (secondary N) is 1. The molecule has 1 N–H and O–H groups in total. The molecule has 3 rings (SSSR count). The van der Waals surface area contributed by atoms with Gasteiger partial charge in [-0.3, -0.25) is 4.79 Å². The second-order valence-corrected chi connectivity index (χ2v) is 5.65. The monoisotopic (exact) mass is 238 g/mol. The van der Waals surface area contributed by atoms with Crippen molar-refractivity contribution in [2.75, 3.05) is 26.2 Å². The minimum atomic E-state index is 0.00646. The number of carbonyl (C=O) groups excluding carboxylic acids is 1. The van der Waals surface area contributed by atoms with Crippen LogP contribution in [0.3, 0.4) is 0 Å². The number of likely N-dealkylation sites (tertiary alicyclic amines) is 1. The number of ether oxygens (including phenoxy) is 1. The van der Waals surface area contributed by atoms with Crippen LogP contribution in [0.15, 0.2) is 0 Å². The van der Waals surface area contributed by atoms with E-state index in [9.17, 15) is 4.79 Å². The molecule has 3 aliphatic rings. The first-order valence-electron chi connectivity index (χ1n) is 6.95. The van der Waals surface area contributed by atoms with E-state index in [0.29, 0.717) is 5.91 Å². The Kier molecular flexibility index (Phi) is 3.09. The van der Waals surface area contributed by atoms with Gasteiger partial charge in [0.15, 0.2) is 0 Å². The van der Waals surface area contributed by atoms with Gasteiger partial charge in [-0.05, 0) is 45.1 Å². The summed E-state index contributed by atoms with van der Waals surface area (Å²) in [6.07, 6.45) is 6.74. The van der Waals surface area contributed by atoms with Crippen LogP contribution in [0.2, 0.25) is 0 Å². The summed E-state index contributed by atoms with van der Waals surface area (Å²) in [6, 6.07) is 0.0775. The third-order valence-electron chi connectivity index (χ3n) is 4.42. The smallest absolute Gasteiger partial charge is 0.239 e. The maximum absolute atomic E-state index is 12.3. The van der Waals surface area contributed by atoms with Crippen LogP contribution in [0.5, 0.6) is 0 Å². The van der Waals surface area contributed by atoms with E-state index in [1.54, 1.807) is 0 Å². The molecule has 0 aromatic carbocycles. The maximum Gasteiger partial charge on any atom is 0.239 e. The summed E-state index contributed by atoms with van der Waals surface area (Å²) in [5.74, 6) is 0.300. The molecule has 3 saturated heterocycles. The Balaban J connectivity index is 1.60. The molecule has 0 bridgehead atoms. The van der Waals surface area contributed by atoms with Crippen LogP contribution in [-0.4, -0.2) is 48.7 Å². The molecular formula is C13H22N2O2. The minimum Gasteiger partial charge on any atom is -0.373 e. The van der Waals surface area contributed by atoms with Gasteiger partial charge in [-0.25, -0.2) is 0 Å². The van der Waals surface area contributed by atoms with Crippen molar-refractivity contribution in [2.45, 2.75) is 50.2 Å². The second kappa shape index (κ2) is 4.58. The molecule has 17 heavy (non-hydrogen) atoms. The summed E-state index contributed by atoms with van der Waals surface area (Å²) in [5.41, 5.74) is 0.00646. The molecule has 0 saturated carbocycles. The third kappa shape index (κ3) is 2.20. The van der Waals surface area contributed by atoms with Gasteiger partial charge < -0.3 is 15.0 Å². The summed E-state index contributed by atoms with van der Waals surface area (Å²) in [6.45, 7) is 3.58. The van der Waals surface area contributed by atoms with Crippen molar-refractivity contribution in [3.05, 3.63) is 0 Å². The highest BCUT2D eigenvalue weighted by Crippen LogP contribution is 2.34. The lowest BCUT2D eigenvalue weighted by Gasteiger charge is -2.33. The lowest BCUT2D eigenvalue weighted by Crippen LogP contribution is -2.45. The highest BCUT2D eigenvalue weighted by molar-refractivity contribution is 5.82. The largest absolute Gasteiger partial charge is 0.373 e. The molecule has 0 aromatic rings. The Bertz CT molecular complexity index is 294. The number of hydrogen-bond acceptors (Lipinski definition) is 3. The van der Waals surface area contributed by atoms with E-state index in [1.807, 2.05) is 4.90 Å². The molecule has 1 amide bonds. The minimum absolute atomic E-state index is 0.00646. The van der Waals surface area contributed by atoms with Crippen molar-refractivity contribution in [3.8, 4) is 0 Å². The van der Waals surface area contributed by atoms with Crippen LogP contribution < -0.4 is 5.32 Å². The zero-order valence-electron chi connectivity index (χ0n) is 10.4. The zero-order chi connectivity index (χ0) is 11.7. The summed E-state index contributed by atoms with van der Waals surface area (Å²) in [5, 5.41) is 3.29. The van der Waals surface area contributed by atoms with Crippen molar-refractivity contribution in [2.24, 2.45) is 0 Å². The van der Waals surface area contributed by atoms with Gasteiger partial charge in [0.25, 0.3) is 0 Å². The van der Waals surface area contributed by atoms with Crippen LogP contribution in [0, 0.1) is 0 Å².